The highest BCUT2D eigenvalue weighted by atomic mass is 16.2. The highest BCUT2D eigenvalue weighted by Crippen LogP contribution is 2.38. The van der Waals surface area contributed by atoms with Gasteiger partial charge in [-0.15, -0.1) is 0 Å². The molecule has 2 amide bonds. The van der Waals surface area contributed by atoms with E-state index in [1.54, 1.807) is 60.7 Å². The molecule has 3 aromatic rings. The zero-order chi connectivity index (χ0) is 20.7. The number of hydrogen-bond acceptors (Lipinski definition) is 5. The first-order chi connectivity index (χ1) is 14.7. The summed E-state index contributed by atoms with van der Waals surface area (Å²) in [5.41, 5.74) is 1.66. The van der Waals surface area contributed by atoms with Gasteiger partial charge in [0.25, 0.3) is 5.91 Å². The van der Waals surface area contributed by atoms with Crippen molar-refractivity contribution in [3.05, 3.63) is 96.6 Å². The Kier molecular flexibility index (Phi) is 4.25. The van der Waals surface area contributed by atoms with E-state index >= 15 is 0 Å². The van der Waals surface area contributed by atoms with Crippen molar-refractivity contribution in [2.24, 2.45) is 11.0 Å². The third kappa shape index (κ3) is 2.73. The number of amides is 2. The van der Waals surface area contributed by atoms with Gasteiger partial charge >= 0.3 is 0 Å². The Morgan fingerprint density at radius 1 is 0.700 bits per heavy atom. The van der Waals surface area contributed by atoms with Gasteiger partial charge in [0.2, 0.25) is 11.7 Å². The molecule has 1 saturated heterocycles. The highest BCUT2D eigenvalue weighted by molar-refractivity contribution is 6.53. The minimum atomic E-state index is -0.953. The van der Waals surface area contributed by atoms with Crippen molar-refractivity contribution in [2.45, 2.75) is 6.04 Å². The molecule has 146 valence electrons. The molecule has 0 aliphatic carbocycles. The number of hydrazone groups is 1. The first-order valence-corrected chi connectivity index (χ1v) is 9.62. The van der Waals surface area contributed by atoms with Crippen LogP contribution in [0, 0.1) is 5.92 Å². The molecular weight excluding hydrogens is 378 g/mol. The van der Waals surface area contributed by atoms with Gasteiger partial charge in [0.15, 0.2) is 0 Å². The van der Waals surface area contributed by atoms with Crippen LogP contribution in [0.3, 0.4) is 0 Å². The maximum Gasteiger partial charge on any atom is 0.259 e. The fourth-order valence-corrected chi connectivity index (χ4v) is 3.97. The zero-order valence-corrected chi connectivity index (χ0v) is 15.9. The Morgan fingerprint density at radius 3 is 1.83 bits per heavy atom. The average Bonchev–Trinajstić information content (AvgIpc) is 3.32. The van der Waals surface area contributed by atoms with E-state index in [0.717, 1.165) is 4.90 Å². The van der Waals surface area contributed by atoms with E-state index < -0.39 is 17.9 Å². The van der Waals surface area contributed by atoms with Gasteiger partial charge in [-0.25, -0.2) is 4.90 Å². The van der Waals surface area contributed by atoms with Crippen LogP contribution in [-0.2, 0) is 9.59 Å². The van der Waals surface area contributed by atoms with Crippen LogP contribution in [0.25, 0.3) is 0 Å². The number of nitrogens with zero attached hydrogens (tertiary/aromatic N) is 3. The van der Waals surface area contributed by atoms with Crippen molar-refractivity contribution in [3.63, 3.8) is 0 Å². The van der Waals surface area contributed by atoms with Crippen molar-refractivity contribution in [1.29, 1.82) is 0 Å². The molecule has 0 saturated carbocycles. The second-order valence-electron chi connectivity index (χ2n) is 7.13. The summed E-state index contributed by atoms with van der Waals surface area (Å²) in [6, 6.07) is 25.7. The fourth-order valence-electron chi connectivity index (χ4n) is 3.97. The fraction of sp³-hybridized carbons (Fsp3) is 0.0833. The molecule has 2 aliphatic rings. The van der Waals surface area contributed by atoms with Gasteiger partial charge in [-0.05, 0) is 24.3 Å². The summed E-state index contributed by atoms with van der Waals surface area (Å²) >= 11 is 0. The summed E-state index contributed by atoms with van der Waals surface area (Å²) in [7, 11) is 0. The molecule has 6 heteroatoms. The number of anilines is 2. The number of carbonyl (C=O) groups is 3. The van der Waals surface area contributed by atoms with Gasteiger partial charge in [0.05, 0.1) is 11.4 Å². The predicted molar refractivity (Wildman–Crippen MR) is 113 cm³/mol. The summed E-state index contributed by atoms with van der Waals surface area (Å²) in [6.07, 6.45) is 0. The lowest BCUT2D eigenvalue weighted by Crippen LogP contribution is -2.39. The lowest BCUT2D eigenvalue weighted by molar-refractivity contribution is -0.121. The number of imide groups is 1. The van der Waals surface area contributed by atoms with Crippen LogP contribution in [0.15, 0.2) is 96.1 Å². The van der Waals surface area contributed by atoms with Crippen molar-refractivity contribution >= 4 is 34.7 Å². The van der Waals surface area contributed by atoms with Crippen LogP contribution < -0.4 is 9.91 Å². The highest BCUT2D eigenvalue weighted by Gasteiger charge is 2.58. The minimum absolute atomic E-state index is 0.0897. The number of hydrogen-bond donors (Lipinski definition) is 0. The maximum absolute atomic E-state index is 13.4. The van der Waals surface area contributed by atoms with E-state index in [9.17, 15) is 14.4 Å². The second kappa shape index (κ2) is 7.08. The largest absolute Gasteiger partial charge is 0.287 e. The number of benzene rings is 3. The molecule has 30 heavy (non-hydrogen) atoms. The Balaban J connectivity index is 1.62. The molecular formula is C24H17N3O3. The number of rotatable bonds is 4. The van der Waals surface area contributed by atoms with Crippen LogP contribution in [0.5, 0.6) is 0 Å². The zero-order valence-electron chi connectivity index (χ0n) is 15.9. The minimum Gasteiger partial charge on any atom is -0.287 e. The van der Waals surface area contributed by atoms with E-state index in [1.165, 1.54) is 5.01 Å². The van der Waals surface area contributed by atoms with E-state index in [-0.39, 0.29) is 17.4 Å². The topological polar surface area (TPSA) is 70.1 Å². The second-order valence-corrected chi connectivity index (χ2v) is 7.13. The van der Waals surface area contributed by atoms with Gasteiger partial charge in [-0.2, -0.15) is 5.10 Å². The van der Waals surface area contributed by atoms with Crippen LogP contribution >= 0.6 is 0 Å². The molecule has 2 atom stereocenters. The van der Waals surface area contributed by atoms with Gasteiger partial charge in [-0.3, -0.25) is 19.4 Å². The maximum atomic E-state index is 13.4. The summed E-state index contributed by atoms with van der Waals surface area (Å²) in [6.45, 7) is 0. The Morgan fingerprint density at radius 2 is 1.23 bits per heavy atom. The van der Waals surface area contributed by atoms with Crippen molar-refractivity contribution in [1.82, 2.24) is 0 Å². The van der Waals surface area contributed by atoms with Crippen LogP contribution in [0.1, 0.15) is 10.4 Å². The molecule has 1 fully saturated rings. The molecule has 5 rings (SSSR count). The lowest BCUT2D eigenvalue weighted by atomic mass is 9.92. The van der Waals surface area contributed by atoms with Gasteiger partial charge in [0, 0.05) is 5.56 Å². The molecule has 0 radical (unpaired) electrons. The summed E-state index contributed by atoms with van der Waals surface area (Å²) in [4.78, 5) is 41.1. The molecule has 3 aromatic carbocycles. The predicted octanol–water partition coefficient (Wildman–Crippen LogP) is 3.30. The van der Waals surface area contributed by atoms with Crippen LogP contribution in [-0.4, -0.2) is 29.4 Å². The van der Waals surface area contributed by atoms with Gasteiger partial charge in [0.1, 0.15) is 17.7 Å². The molecule has 2 heterocycles. The molecule has 0 aromatic heterocycles. The van der Waals surface area contributed by atoms with Crippen molar-refractivity contribution < 1.29 is 14.4 Å². The van der Waals surface area contributed by atoms with Gasteiger partial charge < -0.3 is 0 Å². The molecule has 0 spiro atoms. The average molecular weight is 395 g/mol. The van der Waals surface area contributed by atoms with E-state index in [2.05, 4.69) is 5.10 Å². The van der Waals surface area contributed by atoms with Crippen LogP contribution in [0.4, 0.5) is 11.4 Å². The molecule has 6 nitrogen and oxygen atoms in total. The molecule has 0 N–H and O–H groups in total. The van der Waals surface area contributed by atoms with Crippen molar-refractivity contribution in [2.75, 3.05) is 9.91 Å². The Labute approximate surface area is 173 Å². The number of fused-ring (bicyclic) bond motifs is 1. The van der Waals surface area contributed by atoms with Gasteiger partial charge in [-0.1, -0.05) is 66.7 Å². The smallest absolute Gasteiger partial charge is 0.259 e. The van der Waals surface area contributed by atoms with E-state index in [4.69, 9.17) is 0 Å². The quantitative estimate of drug-likeness (QED) is 0.502. The molecule has 0 unspecified atom stereocenters. The normalized spacial score (nSPS) is 20.3. The third-order valence-electron chi connectivity index (χ3n) is 5.35. The number of Topliss-reactive ketones (excluding diaryl/α,β-unsaturated/α-hetero) is 1. The van der Waals surface area contributed by atoms with E-state index in [1.807, 2.05) is 30.3 Å². The number of ketones is 1. The van der Waals surface area contributed by atoms with Crippen LogP contribution in [0.2, 0.25) is 0 Å². The Bertz CT molecular complexity index is 1160. The summed E-state index contributed by atoms with van der Waals surface area (Å²) in [5.74, 6) is -2.12. The molecule has 2 aliphatic heterocycles. The number of para-hydroxylation sites is 2. The first-order valence-electron chi connectivity index (χ1n) is 9.62. The lowest BCUT2D eigenvalue weighted by Gasteiger charge is -2.22. The molecule has 0 bridgehead atoms. The summed E-state index contributed by atoms with van der Waals surface area (Å²) < 4.78 is 0. The first kappa shape index (κ1) is 18.0. The number of carbonyl (C=O) groups excluding carboxylic acids is 3. The standard InChI is InChI=1S/C24H17N3O3/c28-22(16-10-4-1-5-11-16)20-19-21(27(25-20)18-14-8-3-9-15-18)24(30)26(23(19)29)17-12-6-2-7-13-17/h1-15,19,21H/t19-,21-/m0/s1. The van der Waals surface area contributed by atoms with Crippen molar-refractivity contribution in [3.8, 4) is 0 Å². The summed E-state index contributed by atoms with van der Waals surface area (Å²) in [5, 5.41) is 5.98. The SMILES string of the molecule is O=C(C1=NN(c2ccccc2)[C@@H]2C(=O)N(c3ccccc3)C(=O)[C@@H]12)c1ccccc1. The Hall–Kier alpha value is -4.06. The third-order valence-corrected chi connectivity index (χ3v) is 5.35. The van der Waals surface area contributed by atoms with E-state index in [0.29, 0.717) is 16.9 Å². The monoisotopic (exact) mass is 395 g/mol.